The lowest BCUT2D eigenvalue weighted by Gasteiger charge is -2.25. The fourth-order valence-corrected chi connectivity index (χ4v) is 2.96. The Hall–Kier alpha value is -2.47. The molecule has 1 aliphatic heterocycles. The highest BCUT2D eigenvalue weighted by Gasteiger charge is 2.23. The van der Waals surface area contributed by atoms with Crippen LogP contribution in [0.3, 0.4) is 0 Å². The van der Waals surface area contributed by atoms with Gasteiger partial charge >= 0.3 is 6.03 Å². The summed E-state index contributed by atoms with van der Waals surface area (Å²) in [7, 11) is 1.77. The summed E-state index contributed by atoms with van der Waals surface area (Å²) in [5.74, 6) is 0.0584. The lowest BCUT2D eigenvalue weighted by atomic mass is 10.0. The Kier molecular flexibility index (Phi) is 5.60. The number of hydrogen-bond acceptors (Lipinski definition) is 3. The summed E-state index contributed by atoms with van der Waals surface area (Å²) in [5.41, 5.74) is 1.49. The van der Waals surface area contributed by atoms with Gasteiger partial charge in [0, 0.05) is 32.3 Å². The number of urea groups is 1. The van der Waals surface area contributed by atoms with Crippen LogP contribution in [-0.2, 0) is 4.74 Å². The van der Waals surface area contributed by atoms with Gasteiger partial charge in [-0.3, -0.25) is 4.98 Å². The van der Waals surface area contributed by atoms with Crippen LogP contribution < -0.4 is 5.32 Å². The van der Waals surface area contributed by atoms with Crippen LogP contribution in [0.2, 0.25) is 0 Å². The quantitative estimate of drug-likeness (QED) is 0.908. The summed E-state index contributed by atoms with van der Waals surface area (Å²) in [6.45, 7) is 2.09. The van der Waals surface area contributed by atoms with Gasteiger partial charge in [0.2, 0.25) is 0 Å². The Morgan fingerprint density at radius 3 is 2.80 bits per heavy atom. The van der Waals surface area contributed by atoms with Gasteiger partial charge in [0.05, 0.1) is 18.3 Å². The van der Waals surface area contributed by atoms with E-state index in [1.165, 1.54) is 12.1 Å². The van der Waals surface area contributed by atoms with Crippen molar-refractivity contribution in [2.45, 2.75) is 12.5 Å². The maximum absolute atomic E-state index is 13.2. The molecule has 2 heterocycles. The van der Waals surface area contributed by atoms with Gasteiger partial charge in [0.15, 0.2) is 0 Å². The number of carbonyl (C=O) groups excluding carboxylic acids is 1. The van der Waals surface area contributed by atoms with E-state index in [0.29, 0.717) is 24.8 Å². The molecular weight excluding hydrogens is 321 g/mol. The average Bonchev–Trinajstić information content (AvgIpc) is 3.14. The van der Waals surface area contributed by atoms with E-state index in [1.807, 2.05) is 18.2 Å². The first-order valence-corrected chi connectivity index (χ1v) is 8.39. The zero-order chi connectivity index (χ0) is 17.6. The summed E-state index contributed by atoms with van der Waals surface area (Å²) in [6.07, 6.45) is 2.65. The van der Waals surface area contributed by atoms with Crippen LogP contribution in [0.25, 0.3) is 0 Å². The van der Waals surface area contributed by atoms with Gasteiger partial charge in [-0.1, -0.05) is 18.2 Å². The van der Waals surface area contributed by atoms with Crippen LogP contribution in [0.4, 0.5) is 9.18 Å². The van der Waals surface area contributed by atoms with Crippen molar-refractivity contribution in [3.05, 3.63) is 65.7 Å². The van der Waals surface area contributed by atoms with E-state index in [-0.39, 0.29) is 11.8 Å². The third kappa shape index (κ3) is 4.54. The Morgan fingerprint density at radius 2 is 2.16 bits per heavy atom. The van der Waals surface area contributed by atoms with Gasteiger partial charge in [-0.25, -0.2) is 9.18 Å². The van der Waals surface area contributed by atoms with Crippen LogP contribution in [-0.4, -0.2) is 42.7 Å². The maximum atomic E-state index is 13.2. The SMILES string of the molecule is CN(C[C@H]1CCOC1)C(=O)N[C@H](c1ccc(F)cc1)c1ccccn1. The summed E-state index contributed by atoms with van der Waals surface area (Å²) in [5, 5.41) is 3.00. The van der Waals surface area contributed by atoms with E-state index in [1.54, 1.807) is 30.3 Å². The van der Waals surface area contributed by atoms with E-state index < -0.39 is 6.04 Å². The molecule has 2 aromatic rings. The van der Waals surface area contributed by atoms with Crippen molar-refractivity contribution in [3.63, 3.8) is 0 Å². The second kappa shape index (κ2) is 8.07. The fraction of sp³-hybridized carbons (Fsp3) is 0.368. The monoisotopic (exact) mass is 343 g/mol. The van der Waals surface area contributed by atoms with Crippen molar-refractivity contribution in [2.75, 3.05) is 26.8 Å². The molecule has 0 unspecified atom stereocenters. The zero-order valence-corrected chi connectivity index (χ0v) is 14.2. The normalized spacial score (nSPS) is 17.9. The summed E-state index contributed by atoms with van der Waals surface area (Å²) >= 11 is 0. The molecule has 25 heavy (non-hydrogen) atoms. The molecule has 2 atom stereocenters. The molecule has 1 saturated heterocycles. The molecule has 1 N–H and O–H groups in total. The molecular formula is C19H22FN3O2. The molecule has 132 valence electrons. The molecule has 0 radical (unpaired) electrons. The number of benzene rings is 1. The number of nitrogens with one attached hydrogen (secondary N) is 1. The van der Waals surface area contributed by atoms with E-state index >= 15 is 0 Å². The summed E-state index contributed by atoms with van der Waals surface area (Å²) in [6, 6.07) is 11.0. The van der Waals surface area contributed by atoms with Crippen molar-refractivity contribution in [1.82, 2.24) is 15.2 Å². The highest BCUT2D eigenvalue weighted by Crippen LogP contribution is 2.21. The first-order valence-electron chi connectivity index (χ1n) is 8.39. The summed E-state index contributed by atoms with van der Waals surface area (Å²) in [4.78, 5) is 18.6. The number of pyridine rings is 1. The lowest BCUT2D eigenvalue weighted by Crippen LogP contribution is -2.42. The van der Waals surface area contributed by atoms with Crippen molar-refractivity contribution in [3.8, 4) is 0 Å². The molecule has 6 heteroatoms. The van der Waals surface area contributed by atoms with E-state index in [4.69, 9.17) is 4.74 Å². The number of carbonyl (C=O) groups is 1. The van der Waals surface area contributed by atoms with Gasteiger partial charge in [-0.05, 0) is 36.2 Å². The van der Waals surface area contributed by atoms with Gasteiger partial charge in [-0.15, -0.1) is 0 Å². The number of rotatable bonds is 5. The Labute approximate surface area is 146 Å². The highest BCUT2D eigenvalue weighted by atomic mass is 19.1. The highest BCUT2D eigenvalue weighted by molar-refractivity contribution is 5.75. The first-order chi connectivity index (χ1) is 12.1. The minimum Gasteiger partial charge on any atom is -0.381 e. The topological polar surface area (TPSA) is 54.5 Å². The molecule has 0 bridgehead atoms. The molecule has 0 saturated carbocycles. The van der Waals surface area contributed by atoms with Gasteiger partial charge < -0.3 is 15.0 Å². The number of nitrogens with zero attached hydrogens (tertiary/aromatic N) is 2. The molecule has 1 aromatic heterocycles. The number of amides is 2. The molecule has 1 aliphatic rings. The fourth-order valence-electron chi connectivity index (χ4n) is 2.96. The van der Waals surface area contributed by atoms with Crippen LogP contribution in [0.1, 0.15) is 23.7 Å². The molecule has 0 aliphatic carbocycles. The van der Waals surface area contributed by atoms with Gasteiger partial charge in [0.25, 0.3) is 0 Å². The average molecular weight is 343 g/mol. The second-order valence-corrected chi connectivity index (χ2v) is 6.30. The smallest absolute Gasteiger partial charge is 0.317 e. The Balaban J connectivity index is 1.75. The maximum Gasteiger partial charge on any atom is 0.317 e. The number of halogens is 1. The van der Waals surface area contributed by atoms with E-state index in [0.717, 1.165) is 18.6 Å². The Bertz CT molecular complexity index is 688. The Morgan fingerprint density at radius 1 is 1.36 bits per heavy atom. The first kappa shape index (κ1) is 17.4. The molecule has 2 amide bonds. The molecule has 1 aromatic carbocycles. The molecule has 1 fully saturated rings. The predicted molar refractivity (Wildman–Crippen MR) is 92.6 cm³/mol. The van der Waals surface area contributed by atoms with E-state index in [2.05, 4.69) is 10.3 Å². The standard InChI is InChI=1S/C19H22FN3O2/c1-23(12-14-9-11-25-13-14)19(24)22-18(17-4-2-3-10-21-17)15-5-7-16(20)8-6-15/h2-8,10,14,18H,9,11-13H2,1H3,(H,22,24)/t14-,18-/m1/s1. The third-order valence-corrected chi connectivity index (χ3v) is 4.36. The number of ether oxygens (including phenoxy) is 1. The third-order valence-electron chi connectivity index (χ3n) is 4.36. The van der Waals surface area contributed by atoms with Crippen molar-refractivity contribution >= 4 is 6.03 Å². The van der Waals surface area contributed by atoms with E-state index in [9.17, 15) is 9.18 Å². The van der Waals surface area contributed by atoms with Gasteiger partial charge in [-0.2, -0.15) is 0 Å². The van der Waals surface area contributed by atoms with Gasteiger partial charge in [0.1, 0.15) is 5.82 Å². The van der Waals surface area contributed by atoms with Crippen LogP contribution in [0.5, 0.6) is 0 Å². The zero-order valence-electron chi connectivity index (χ0n) is 14.2. The number of aromatic nitrogens is 1. The van der Waals surface area contributed by atoms with Crippen LogP contribution in [0, 0.1) is 11.7 Å². The number of hydrogen-bond donors (Lipinski definition) is 1. The second-order valence-electron chi connectivity index (χ2n) is 6.30. The summed E-state index contributed by atoms with van der Waals surface area (Å²) < 4.78 is 18.6. The minimum absolute atomic E-state index is 0.188. The molecule has 0 spiro atoms. The molecule has 3 rings (SSSR count). The van der Waals surface area contributed by atoms with Crippen LogP contribution in [0.15, 0.2) is 48.7 Å². The largest absolute Gasteiger partial charge is 0.381 e. The molecule has 5 nitrogen and oxygen atoms in total. The van der Waals surface area contributed by atoms with Crippen molar-refractivity contribution in [2.24, 2.45) is 5.92 Å². The predicted octanol–water partition coefficient (Wildman–Crippen LogP) is 2.99. The van der Waals surface area contributed by atoms with Crippen LogP contribution >= 0.6 is 0 Å². The lowest BCUT2D eigenvalue weighted by molar-refractivity contribution is 0.171. The minimum atomic E-state index is -0.434. The van der Waals surface area contributed by atoms with Crippen molar-refractivity contribution in [1.29, 1.82) is 0 Å². The van der Waals surface area contributed by atoms with Crippen molar-refractivity contribution < 1.29 is 13.9 Å².